The minimum Gasteiger partial charge on any atom is -0.479 e. The molecule has 5 N–H and O–H groups in total. The van der Waals surface area contributed by atoms with E-state index in [1.165, 1.54) is 0 Å². The average Bonchev–Trinajstić information content (AvgIpc) is 2.00. The average molecular weight is 166 g/mol. The summed E-state index contributed by atoms with van der Waals surface area (Å²) < 4.78 is 0. The number of carboxylic acid groups (broad SMARTS) is 1. The van der Waals surface area contributed by atoms with Crippen molar-refractivity contribution in [2.24, 2.45) is 0 Å². The summed E-state index contributed by atoms with van der Waals surface area (Å²) in [4.78, 5) is 9.96. The Balaban J connectivity index is 4.00. The molecule has 66 valence electrons. The van der Waals surface area contributed by atoms with Gasteiger partial charge >= 0.3 is 5.97 Å². The van der Waals surface area contributed by atoms with Crippen molar-refractivity contribution >= 4 is 5.97 Å². The predicted molar refractivity (Wildman–Crippen MR) is 32.7 cm³/mol. The van der Waals surface area contributed by atoms with Crippen LogP contribution in [-0.4, -0.2) is 56.4 Å². The van der Waals surface area contributed by atoms with Gasteiger partial charge in [0.15, 0.2) is 6.10 Å². The van der Waals surface area contributed by atoms with Gasteiger partial charge in [0.1, 0.15) is 12.2 Å². The van der Waals surface area contributed by atoms with Crippen LogP contribution in [-0.2, 0) is 4.79 Å². The number of hydrogen-bond acceptors (Lipinski definition) is 5. The van der Waals surface area contributed by atoms with E-state index in [-0.39, 0.29) is 0 Å². The fourth-order valence-electron chi connectivity index (χ4n) is 0.465. The second-order valence-corrected chi connectivity index (χ2v) is 2.02. The Kier molecular flexibility index (Phi) is 3.98. The molecular formula is C5H10O6. The molecule has 0 aliphatic rings. The van der Waals surface area contributed by atoms with Gasteiger partial charge in [-0.3, -0.25) is 0 Å². The summed E-state index contributed by atoms with van der Waals surface area (Å²) in [6.07, 6.45) is -5.57. The van der Waals surface area contributed by atoms with Crippen LogP contribution >= 0.6 is 0 Å². The quantitative estimate of drug-likeness (QED) is 0.306. The summed E-state index contributed by atoms with van der Waals surface area (Å²) >= 11 is 0. The first kappa shape index (κ1) is 10.3. The molecule has 0 aliphatic carbocycles. The fraction of sp³-hybridized carbons (Fsp3) is 0.800. The molecule has 0 saturated heterocycles. The van der Waals surface area contributed by atoms with Crippen LogP contribution in [0.2, 0.25) is 0 Å². The lowest BCUT2D eigenvalue weighted by Gasteiger charge is -2.17. The zero-order valence-corrected chi connectivity index (χ0v) is 5.58. The SMILES string of the molecule is O=C(O)[C@@H](O)[C@@H](O)[C@H](O)CO. The third-order valence-electron chi connectivity index (χ3n) is 1.16. The molecule has 0 amide bonds. The Morgan fingerprint density at radius 2 is 1.73 bits per heavy atom. The summed E-state index contributed by atoms with van der Waals surface area (Å²) in [6, 6.07) is 0. The molecule has 11 heavy (non-hydrogen) atoms. The Bertz CT molecular complexity index is 135. The molecular weight excluding hydrogens is 156 g/mol. The topological polar surface area (TPSA) is 118 Å². The molecule has 0 aliphatic heterocycles. The maximum atomic E-state index is 9.96. The van der Waals surface area contributed by atoms with Crippen molar-refractivity contribution in [3.05, 3.63) is 0 Å². The normalized spacial score (nSPS) is 18.9. The van der Waals surface area contributed by atoms with E-state index in [0.29, 0.717) is 0 Å². The van der Waals surface area contributed by atoms with Gasteiger partial charge < -0.3 is 25.5 Å². The standard InChI is InChI=1S/C5H10O6/c6-1-2(7)3(8)4(9)5(10)11/h2-4,6-9H,1H2,(H,10,11)/t2-,3+,4+/m1/s1. The van der Waals surface area contributed by atoms with Gasteiger partial charge in [0.05, 0.1) is 6.61 Å². The van der Waals surface area contributed by atoms with Crippen LogP contribution < -0.4 is 0 Å². The minimum absolute atomic E-state index is 0.800. The van der Waals surface area contributed by atoms with E-state index in [9.17, 15) is 4.79 Å². The van der Waals surface area contributed by atoms with Crippen molar-refractivity contribution in [3.63, 3.8) is 0 Å². The molecule has 0 radical (unpaired) electrons. The molecule has 0 fully saturated rings. The van der Waals surface area contributed by atoms with E-state index >= 15 is 0 Å². The van der Waals surface area contributed by atoms with Crippen LogP contribution in [0.15, 0.2) is 0 Å². The monoisotopic (exact) mass is 166 g/mol. The smallest absolute Gasteiger partial charge is 0.335 e. The van der Waals surface area contributed by atoms with E-state index in [1.807, 2.05) is 0 Å². The first-order valence-electron chi connectivity index (χ1n) is 2.88. The van der Waals surface area contributed by atoms with Gasteiger partial charge in [-0.25, -0.2) is 4.79 Å². The molecule has 0 bridgehead atoms. The van der Waals surface area contributed by atoms with Crippen molar-refractivity contribution in [1.82, 2.24) is 0 Å². The van der Waals surface area contributed by atoms with Crippen molar-refractivity contribution in [1.29, 1.82) is 0 Å². The number of hydrogen-bond donors (Lipinski definition) is 5. The van der Waals surface area contributed by atoms with Crippen LogP contribution in [0, 0.1) is 0 Å². The molecule has 6 nitrogen and oxygen atoms in total. The number of aliphatic hydroxyl groups excluding tert-OH is 4. The Morgan fingerprint density at radius 1 is 1.27 bits per heavy atom. The van der Waals surface area contributed by atoms with E-state index in [2.05, 4.69) is 0 Å². The number of rotatable bonds is 4. The van der Waals surface area contributed by atoms with Gasteiger partial charge in [-0.15, -0.1) is 0 Å². The second kappa shape index (κ2) is 4.24. The van der Waals surface area contributed by atoms with Gasteiger partial charge in [0.2, 0.25) is 0 Å². The number of aliphatic carboxylic acids is 1. The molecule has 0 aromatic rings. The van der Waals surface area contributed by atoms with E-state index in [4.69, 9.17) is 25.5 Å². The lowest BCUT2D eigenvalue weighted by molar-refractivity contribution is -0.159. The maximum absolute atomic E-state index is 9.96. The molecule has 0 heterocycles. The Hall–Kier alpha value is -0.690. The molecule has 0 aromatic heterocycles. The van der Waals surface area contributed by atoms with Crippen LogP contribution in [0.25, 0.3) is 0 Å². The summed E-state index contributed by atoms with van der Waals surface area (Å²) in [5, 5.41) is 42.2. The number of carboxylic acids is 1. The highest BCUT2D eigenvalue weighted by molar-refractivity contribution is 5.72. The number of carbonyl (C=O) groups is 1. The van der Waals surface area contributed by atoms with E-state index in [1.54, 1.807) is 0 Å². The second-order valence-electron chi connectivity index (χ2n) is 2.02. The molecule has 6 heteroatoms. The van der Waals surface area contributed by atoms with Crippen molar-refractivity contribution < 1.29 is 30.3 Å². The lowest BCUT2D eigenvalue weighted by atomic mass is 10.1. The Labute approximate surface area is 62.3 Å². The summed E-state index contributed by atoms with van der Waals surface area (Å²) in [7, 11) is 0. The highest BCUT2D eigenvalue weighted by Crippen LogP contribution is 1.99. The van der Waals surface area contributed by atoms with Gasteiger partial charge in [-0.05, 0) is 0 Å². The van der Waals surface area contributed by atoms with Crippen LogP contribution in [0.5, 0.6) is 0 Å². The Morgan fingerprint density at radius 3 is 2.00 bits per heavy atom. The maximum Gasteiger partial charge on any atom is 0.335 e. The first-order valence-corrected chi connectivity index (χ1v) is 2.88. The third-order valence-corrected chi connectivity index (χ3v) is 1.16. The molecule has 0 saturated carbocycles. The summed E-state index contributed by atoms with van der Waals surface area (Å²) in [5.41, 5.74) is 0. The zero-order valence-electron chi connectivity index (χ0n) is 5.58. The highest BCUT2D eigenvalue weighted by Gasteiger charge is 2.29. The third kappa shape index (κ3) is 2.81. The van der Waals surface area contributed by atoms with E-state index in [0.717, 1.165) is 0 Å². The van der Waals surface area contributed by atoms with Crippen LogP contribution in [0.1, 0.15) is 0 Å². The predicted octanol–water partition coefficient (Wildman–Crippen LogP) is -2.85. The first-order chi connectivity index (χ1) is 5.00. The summed E-state index contributed by atoms with van der Waals surface area (Å²) in [5.74, 6) is -1.65. The van der Waals surface area contributed by atoms with Gasteiger partial charge in [0, 0.05) is 0 Å². The largest absolute Gasteiger partial charge is 0.479 e. The molecule has 0 spiro atoms. The van der Waals surface area contributed by atoms with Crippen LogP contribution in [0.3, 0.4) is 0 Å². The van der Waals surface area contributed by atoms with Gasteiger partial charge in [-0.2, -0.15) is 0 Å². The van der Waals surface area contributed by atoms with Crippen molar-refractivity contribution in [2.45, 2.75) is 18.3 Å². The van der Waals surface area contributed by atoms with Gasteiger partial charge in [0.25, 0.3) is 0 Å². The molecule has 0 unspecified atom stereocenters. The minimum atomic E-state index is -2.07. The highest BCUT2D eigenvalue weighted by atomic mass is 16.4. The molecule has 0 rings (SSSR count). The van der Waals surface area contributed by atoms with Crippen molar-refractivity contribution in [2.75, 3.05) is 6.61 Å². The van der Waals surface area contributed by atoms with Crippen molar-refractivity contribution in [3.8, 4) is 0 Å². The van der Waals surface area contributed by atoms with Crippen LogP contribution in [0.4, 0.5) is 0 Å². The lowest BCUT2D eigenvalue weighted by Crippen LogP contribution is -2.43. The molecule has 3 atom stereocenters. The fourth-order valence-corrected chi connectivity index (χ4v) is 0.465. The zero-order chi connectivity index (χ0) is 9.02. The number of aliphatic hydroxyl groups is 4. The molecule has 0 aromatic carbocycles. The van der Waals surface area contributed by atoms with E-state index < -0.39 is 30.9 Å². The van der Waals surface area contributed by atoms with Gasteiger partial charge in [-0.1, -0.05) is 0 Å². The summed E-state index contributed by atoms with van der Waals surface area (Å²) in [6.45, 7) is -0.800.